The van der Waals surface area contributed by atoms with Gasteiger partial charge in [-0.15, -0.1) is 0 Å². The van der Waals surface area contributed by atoms with Gasteiger partial charge in [0, 0.05) is 38.0 Å². The quantitative estimate of drug-likeness (QED) is 0.542. The van der Waals surface area contributed by atoms with Gasteiger partial charge in [-0.05, 0) is 48.8 Å². The molecule has 0 radical (unpaired) electrons. The third-order valence-corrected chi connectivity index (χ3v) is 8.96. The Morgan fingerprint density at radius 2 is 1.97 bits per heavy atom. The minimum absolute atomic E-state index is 0.0415. The first-order chi connectivity index (χ1) is 15.9. The van der Waals surface area contributed by atoms with Gasteiger partial charge in [0.25, 0.3) is 10.0 Å². The molecule has 1 saturated heterocycles. The Labute approximate surface area is 197 Å². The highest BCUT2D eigenvalue weighted by Gasteiger charge is 2.56. The molecule has 5 atom stereocenters. The zero-order valence-corrected chi connectivity index (χ0v) is 19.6. The van der Waals surface area contributed by atoms with Crippen LogP contribution in [0.15, 0.2) is 35.6 Å². The van der Waals surface area contributed by atoms with Gasteiger partial charge in [-0.1, -0.05) is 24.4 Å². The number of aromatic nitrogens is 2. The highest BCUT2D eigenvalue weighted by molar-refractivity contribution is 7.92. The SMILES string of the molecule is O=S(=O)(Nc1ccncn1)c1cc(Cl)c(N[C@@H]2CCCC[C@H]2N2CC3C(CO)[C@H]3C2)cc1F. The van der Waals surface area contributed by atoms with Gasteiger partial charge < -0.3 is 10.4 Å². The number of rotatable bonds is 7. The lowest BCUT2D eigenvalue weighted by atomic mass is 9.88. The number of benzene rings is 1. The first kappa shape index (κ1) is 22.8. The van der Waals surface area contributed by atoms with E-state index in [2.05, 4.69) is 24.9 Å². The van der Waals surface area contributed by atoms with Crippen LogP contribution in [0.2, 0.25) is 5.02 Å². The molecule has 5 rings (SSSR count). The van der Waals surface area contributed by atoms with E-state index in [9.17, 15) is 17.9 Å². The normalized spacial score (nSPS) is 29.5. The molecule has 11 heteroatoms. The lowest BCUT2D eigenvalue weighted by Crippen LogP contribution is -2.49. The second-order valence-corrected chi connectivity index (χ2v) is 11.3. The maximum Gasteiger partial charge on any atom is 0.266 e. The largest absolute Gasteiger partial charge is 0.396 e. The molecule has 2 unspecified atom stereocenters. The van der Waals surface area contributed by atoms with Crippen LogP contribution in [0.3, 0.4) is 0 Å². The Balaban J connectivity index is 1.32. The number of nitrogens with one attached hydrogen (secondary N) is 2. The molecule has 1 aromatic heterocycles. The molecule has 2 aromatic rings. The van der Waals surface area contributed by atoms with Crippen LogP contribution in [0.5, 0.6) is 0 Å². The highest BCUT2D eigenvalue weighted by Crippen LogP contribution is 2.52. The van der Waals surface area contributed by atoms with Crippen molar-refractivity contribution in [3.63, 3.8) is 0 Å². The highest BCUT2D eigenvalue weighted by atomic mass is 35.5. The van der Waals surface area contributed by atoms with Crippen LogP contribution in [0, 0.1) is 23.6 Å². The summed E-state index contributed by atoms with van der Waals surface area (Å²) in [4.78, 5) is 9.50. The monoisotopic (exact) mass is 495 g/mol. The third-order valence-electron chi connectivity index (χ3n) is 7.28. The number of sulfonamides is 1. The minimum Gasteiger partial charge on any atom is -0.396 e. The van der Waals surface area contributed by atoms with Gasteiger partial charge >= 0.3 is 0 Å². The van der Waals surface area contributed by atoms with E-state index in [1.807, 2.05) is 0 Å². The molecule has 2 saturated carbocycles. The van der Waals surface area contributed by atoms with E-state index in [-0.39, 0.29) is 23.5 Å². The molecular weight excluding hydrogens is 469 g/mol. The van der Waals surface area contributed by atoms with E-state index in [4.69, 9.17) is 11.6 Å². The number of likely N-dealkylation sites (tertiary alicyclic amines) is 1. The molecule has 2 aliphatic carbocycles. The molecule has 2 heterocycles. The lowest BCUT2D eigenvalue weighted by molar-refractivity contribution is 0.142. The predicted molar refractivity (Wildman–Crippen MR) is 123 cm³/mol. The zero-order valence-electron chi connectivity index (χ0n) is 18.0. The smallest absolute Gasteiger partial charge is 0.266 e. The van der Waals surface area contributed by atoms with Gasteiger partial charge in [0.1, 0.15) is 22.9 Å². The fraction of sp³-hybridized carbons (Fsp3) is 0.545. The van der Waals surface area contributed by atoms with Crippen LogP contribution in [-0.2, 0) is 10.0 Å². The number of nitrogens with zero attached hydrogens (tertiary/aromatic N) is 3. The topological polar surface area (TPSA) is 107 Å². The second kappa shape index (κ2) is 8.98. The van der Waals surface area contributed by atoms with E-state index >= 15 is 0 Å². The Hall–Kier alpha value is -2.01. The summed E-state index contributed by atoms with van der Waals surface area (Å²) in [5.74, 6) is 0.783. The van der Waals surface area contributed by atoms with Crippen LogP contribution in [0.1, 0.15) is 25.7 Å². The van der Waals surface area contributed by atoms with E-state index in [1.54, 1.807) is 0 Å². The van der Waals surface area contributed by atoms with Gasteiger partial charge in [-0.25, -0.2) is 22.8 Å². The number of piperidine rings is 1. The van der Waals surface area contributed by atoms with Crippen molar-refractivity contribution in [3.05, 3.63) is 41.6 Å². The molecule has 0 amide bonds. The van der Waals surface area contributed by atoms with Crippen molar-refractivity contribution < 1.29 is 17.9 Å². The van der Waals surface area contributed by atoms with Crippen LogP contribution in [0.4, 0.5) is 15.9 Å². The number of anilines is 2. The molecule has 3 fully saturated rings. The van der Waals surface area contributed by atoms with Crippen molar-refractivity contribution in [2.24, 2.45) is 17.8 Å². The molecule has 33 heavy (non-hydrogen) atoms. The summed E-state index contributed by atoms with van der Waals surface area (Å²) < 4.78 is 42.5. The van der Waals surface area contributed by atoms with Gasteiger partial charge in [-0.2, -0.15) is 0 Å². The van der Waals surface area contributed by atoms with Gasteiger partial charge in [0.2, 0.25) is 0 Å². The van der Waals surface area contributed by atoms with Gasteiger partial charge in [0.05, 0.1) is 10.7 Å². The fourth-order valence-corrected chi connectivity index (χ4v) is 6.91. The van der Waals surface area contributed by atoms with E-state index in [1.165, 1.54) is 18.6 Å². The van der Waals surface area contributed by atoms with Crippen molar-refractivity contribution in [2.45, 2.75) is 42.7 Å². The molecule has 0 spiro atoms. The maximum absolute atomic E-state index is 14.9. The van der Waals surface area contributed by atoms with E-state index in [0.29, 0.717) is 29.5 Å². The lowest BCUT2D eigenvalue weighted by Gasteiger charge is -2.40. The zero-order chi connectivity index (χ0) is 23.2. The number of hydrogen-bond acceptors (Lipinski definition) is 7. The van der Waals surface area contributed by atoms with Crippen molar-refractivity contribution >= 4 is 33.1 Å². The minimum atomic E-state index is -4.21. The number of hydrogen-bond donors (Lipinski definition) is 3. The van der Waals surface area contributed by atoms with Crippen LogP contribution < -0.4 is 10.0 Å². The average molecular weight is 496 g/mol. The molecule has 1 aliphatic heterocycles. The summed E-state index contributed by atoms with van der Waals surface area (Å²) in [6.45, 7) is 2.26. The molecule has 3 N–H and O–H groups in total. The Morgan fingerprint density at radius 3 is 2.67 bits per heavy atom. The first-order valence-electron chi connectivity index (χ1n) is 11.3. The number of aliphatic hydroxyl groups excluding tert-OH is 1. The van der Waals surface area contributed by atoms with Crippen LogP contribution in [0.25, 0.3) is 0 Å². The molecule has 178 valence electrons. The summed E-state index contributed by atoms with van der Waals surface area (Å²) in [6, 6.07) is 4.08. The maximum atomic E-state index is 14.9. The second-order valence-electron chi connectivity index (χ2n) is 9.19. The summed E-state index contributed by atoms with van der Waals surface area (Å²) in [6.07, 6.45) is 6.79. The Morgan fingerprint density at radius 1 is 1.21 bits per heavy atom. The molecular formula is C22H27ClFN5O3S. The number of halogens is 2. The summed E-state index contributed by atoms with van der Waals surface area (Å²) in [5, 5.41) is 13.0. The number of aliphatic hydroxyl groups is 1. The molecule has 0 bridgehead atoms. The van der Waals surface area contributed by atoms with Crippen molar-refractivity contribution in [1.82, 2.24) is 14.9 Å². The third kappa shape index (κ3) is 4.53. The Bertz CT molecular complexity index is 1110. The average Bonchev–Trinajstić information content (AvgIpc) is 3.27. The van der Waals surface area contributed by atoms with E-state index < -0.39 is 20.7 Å². The summed E-state index contributed by atoms with van der Waals surface area (Å²) in [5.41, 5.74) is 0.393. The first-order valence-corrected chi connectivity index (χ1v) is 13.1. The van der Waals surface area contributed by atoms with Crippen LogP contribution in [-0.4, -0.2) is 60.2 Å². The van der Waals surface area contributed by atoms with Crippen LogP contribution >= 0.6 is 11.6 Å². The van der Waals surface area contributed by atoms with E-state index in [0.717, 1.165) is 50.9 Å². The van der Waals surface area contributed by atoms with Gasteiger partial charge in [-0.3, -0.25) is 9.62 Å². The fourth-order valence-electron chi connectivity index (χ4n) is 5.53. The predicted octanol–water partition coefficient (Wildman–Crippen LogP) is 2.96. The molecule has 8 nitrogen and oxygen atoms in total. The molecule has 3 aliphatic rings. The summed E-state index contributed by atoms with van der Waals surface area (Å²) in [7, 11) is -4.21. The number of fused-ring (bicyclic) bond motifs is 1. The summed E-state index contributed by atoms with van der Waals surface area (Å²) >= 11 is 6.42. The van der Waals surface area contributed by atoms with Gasteiger partial charge in [0.15, 0.2) is 0 Å². The van der Waals surface area contributed by atoms with Crippen molar-refractivity contribution in [1.29, 1.82) is 0 Å². The molecule has 1 aromatic carbocycles. The Kier molecular flexibility index (Phi) is 6.19. The van der Waals surface area contributed by atoms with Crippen molar-refractivity contribution in [3.8, 4) is 0 Å². The van der Waals surface area contributed by atoms with Crippen molar-refractivity contribution in [2.75, 3.05) is 29.7 Å². The standard InChI is InChI=1S/C22H27ClFN5O3S/c23-16-7-21(33(31,32)28-22-5-6-25-12-26-22)17(24)8-19(16)27-18-3-1-2-4-20(18)29-9-13-14(10-29)15(13)11-30/h5-8,12-15,18,20,27,30H,1-4,9-11H2,(H,25,26,28)/t13-,14?,15?,18+,20+/m0/s1.